The van der Waals surface area contributed by atoms with Gasteiger partial charge < -0.3 is 5.32 Å². The lowest BCUT2D eigenvalue weighted by Gasteiger charge is -2.30. The molecule has 1 fully saturated rings. The molecular weight excluding hydrogens is 277 g/mol. The summed E-state index contributed by atoms with van der Waals surface area (Å²) in [4.78, 5) is 0. The van der Waals surface area contributed by atoms with Crippen molar-refractivity contribution in [1.29, 1.82) is 0 Å². The summed E-state index contributed by atoms with van der Waals surface area (Å²) in [5.74, 6) is -2.52. The Morgan fingerprint density at radius 2 is 1.55 bits per heavy atom. The van der Waals surface area contributed by atoms with Gasteiger partial charge in [0.1, 0.15) is 11.6 Å². The molecule has 0 unspecified atom stereocenters. The minimum atomic E-state index is -4.14. The van der Waals surface area contributed by atoms with Crippen LogP contribution < -0.4 is 5.32 Å². The van der Waals surface area contributed by atoms with Crippen LogP contribution in [0.15, 0.2) is 18.2 Å². The van der Waals surface area contributed by atoms with Gasteiger partial charge in [-0.25, -0.2) is 8.78 Å². The summed E-state index contributed by atoms with van der Waals surface area (Å²) in [7, 11) is 0. The molecule has 0 aromatic heterocycles. The number of benzene rings is 1. The molecular formula is C14H16F5N. The minimum Gasteiger partial charge on any atom is -0.310 e. The van der Waals surface area contributed by atoms with Crippen molar-refractivity contribution in [2.24, 2.45) is 5.92 Å². The van der Waals surface area contributed by atoms with E-state index in [0.29, 0.717) is 12.8 Å². The van der Waals surface area contributed by atoms with E-state index in [-0.39, 0.29) is 31.0 Å². The Kier molecular flexibility index (Phi) is 4.62. The van der Waals surface area contributed by atoms with Crippen molar-refractivity contribution in [1.82, 2.24) is 5.32 Å². The monoisotopic (exact) mass is 293 g/mol. The zero-order chi connectivity index (χ0) is 14.8. The lowest BCUT2D eigenvalue weighted by Crippen LogP contribution is -2.36. The van der Waals surface area contributed by atoms with Crippen LogP contribution in [0.4, 0.5) is 22.0 Å². The molecule has 0 amide bonds. The SMILES string of the molecule is Fc1cccc(F)c1CNC1CCC(C(F)(F)F)CC1. The highest BCUT2D eigenvalue weighted by Crippen LogP contribution is 2.37. The third kappa shape index (κ3) is 3.69. The number of hydrogen-bond acceptors (Lipinski definition) is 1. The summed E-state index contributed by atoms with van der Waals surface area (Å²) >= 11 is 0. The van der Waals surface area contributed by atoms with Crippen LogP contribution in [0.1, 0.15) is 31.2 Å². The van der Waals surface area contributed by atoms with Gasteiger partial charge >= 0.3 is 6.18 Å². The highest BCUT2D eigenvalue weighted by atomic mass is 19.4. The fourth-order valence-corrected chi connectivity index (χ4v) is 2.57. The van der Waals surface area contributed by atoms with Crippen LogP contribution in [0.2, 0.25) is 0 Å². The second-order valence-corrected chi connectivity index (χ2v) is 5.17. The number of alkyl halides is 3. The van der Waals surface area contributed by atoms with Crippen molar-refractivity contribution in [3.05, 3.63) is 35.4 Å². The van der Waals surface area contributed by atoms with E-state index in [4.69, 9.17) is 0 Å². The fraction of sp³-hybridized carbons (Fsp3) is 0.571. The van der Waals surface area contributed by atoms with E-state index in [9.17, 15) is 22.0 Å². The van der Waals surface area contributed by atoms with Crippen molar-refractivity contribution >= 4 is 0 Å². The molecule has 1 aliphatic carbocycles. The zero-order valence-corrected chi connectivity index (χ0v) is 10.8. The Morgan fingerprint density at radius 3 is 2.05 bits per heavy atom. The average molecular weight is 293 g/mol. The zero-order valence-electron chi connectivity index (χ0n) is 10.8. The fourth-order valence-electron chi connectivity index (χ4n) is 2.57. The maximum absolute atomic E-state index is 13.4. The highest BCUT2D eigenvalue weighted by Gasteiger charge is 2.41. The minimum absolute atomic E-state index is 0.000141. The van der Waals surface area contributed by atoms with E-state index in [1.807, 2.05) is 0 Å². The molecule has 2 rings (SSSR count). The first-order chi connectivity index (χ1) is 9.38. The molecule has 1 N–H and O–H groups in total. The molecule has 0 spiro atoms. The lowest BCUT2D eigenvalue weighted by molar-refractivity contribution is -0.182. The highest BCUT2D eigenvalue weighted by molar-refractivity contribution is 5.19. The predicted molar refractivity (Wildman–Crippen MR) is 65.0 cm³/mol. The third-order valence-electron chi connectivity index (χ3n) is 3.82. The standard InChI is InChI=1S/C14H16F5N/c15-12-2-1-3-13(16)11(12)8-20-10-6-4-9(5-7-10)14(17,18)19/h1-3,9-10,20H,4-8H2. The molecule has 0 aliphatic heterocycles. The molecule has 0 saturated heterocycles. The van der Waals surface area contributed by atoms with Gasteiger partial charge in [-0.05, 0) is 37.8 Å². The van der Waals surface area contributed by atoms with Gasteiger partial charge in [-0.15, -0.1) is 0 Å². The Labute approximate surface area is 114 Å². The maximum Gasteiger partial charge on any atom is 0.391 e. The normalized spacial score (nSPS) is 23.9. The first-order valence-electron chi connectivity index (χ1n) is 6.61. The van der Waals surface area contributed by atoms with Gasteiger partial charge in [0, 0.05) is 18.2 Å². The molecule has 20 heavy (non-hydrogen) atoms. The van der Waals surface area contributed by atoms with E-state index in [1.54, 1.807) is 0 Å². The third-order valence-corrected chi connectivity index (χ3v) is 3.82. The second kappa shape index (κ2) is 6.08. The van der Waals surface area contributed by atoms with Crippen molar-refractivity contribution < 1.29 is 22.0 Å². The van der Waals surface area contributed by atoms with Gasteiger partial charge in [-0.1, -0.05) is 6.07 Å². The Bertz CT molecular complexity index is 429. The summed E-state index contributed by atoms with van der Waals surface area (Å²) < 4.78 is 64.3. The number of halogens is 5. The van der Waals surface area contributed by atoms with Gasteiger partial charge in [0.25, 0.3) is 0 Å². The first-order valence-corrected chi connectivity index (χ1v) is 6.61. The molecule has 1 aromatic rings. The summed E-state index contributed by atoms with van der Waals surface area (Å²) in [5, 5.41) is 2.94. The van der Waals surface area contributed by atoms with Crippen LogP contribution in [0.3, 0.4) is 0 Å². The summed E-state index contributed by atoms with van der Waals surface area (Å²) in [5.41, 5.74) is -0.0644. The topological polar surface area (TPSA) is 12.0 Å². The average Bonchev–Trinajstić information content (AvgIpc) is 2.37. The van der Waals surface area contributed by atoms with Crippen molar-refractivity contribution in [2.45, 2.75) is 44.4 Å². The van der Waals surface area contributed by atoms with Gasteiger partial charge in [0.2, 0.25) is 0 Å². The van der Waals surface area contributed by atoms with Gasteiger partial charge in [-0.3, -0.25) is 0 Å². The summed E-state index contributed by atoms with van der Waals surface area (Å²) in [6.07, 6.45) is -3.25. The summed E-state index contributed by atoms with van der Waals surface area (Å²) in [6, 6.07) is 3.50. The Balaban J connectivity index is 1.85. The smallest absolute Gasteiger partial charge is 0.310 e. The van der Waals surface area contributed by atoms with E-state index in [2.05, 4.69) is 5.32 Å². The van der Waals surface area contributed by atoms with Gasteiger partial charge in [0.05, 0.1) is 5.92 Å². The number of hydrogen-bond donors (Lipinski definition) is 1. The van der Waals surface area contributed by atoms with E-state index in [1.165, 1.54) is 18.2 Å². The van der Waals surface area contributed by atoms with E-state index < -0.39 is 23.7 Å². The maximum atomic E-state index is 13.4. The molecule has 0 bridgehead atoms. The predicted octanol–water partition coefficient (Wildman–Crippen LogP) is 4.18. The number of nitrogens with one attached hydrogen (secondary N) is 1. The Morgan fingerprint density at radius 1 is 1.00 bits per heavy atom. The molecule has 1 nitrogen and oxygen atoms in total. The van der Waals surface area contributed by atoms with Gasteiger partial charge in [0.15, 0.2) is 0 Å². The molecule has 0 heterocycles. The lowest BCUT2D eigenvalue weighted by atomic mass is 9.85. The van der Waals surface area contributed by atoms with Crippen LogP contribution in [0, 0.1) is 17.6 Å². The van der Waals surface area contributed by atoms with Gasteiger partial charge in [-0.2, -0.15) is 13.2 Å². The molecule has 112 valence electrons. The van der Waals surface area contributed by atoms with Crippen LogP contribution in [-0.2, 0) is 6.54 Å². The van der Waals surface area contributed by atoms with E-state index >= 15 is 0 Å². The first kappa shape index (κ1) is 15.2. The molecule has 6 heteroatoms. The van der Waals surface area contributed by atoms with Crippen molar-refractivity contribution in [2.75, 3.05) is 0 Å². The van der Waals surface area contributed by atoms with Crippen LogP contribution in [0.5, 0.6) is 0 Å². The largest absolute Gasteiger partial charge is 0.391 e. The molecule has 0 radical (unpaired) electrons. The molecule has 1 aliphatic rings. The second-order valence-electron chi connectivity index (χ2n) is 5.17. The molecule has 1 saturated carbocycles. The number of rotatable bonds is 3. The van der Waals surface area contributed by atoms with Crippen LogP contribution >= 0.6 is 0 Å². The van der Waals surface area contributed by atoms with Crippen molar-refractivity contribution in [3.63, 3.8) is 0 Å². The quantitative estimate of drug-likeness (QED) is 0.825. The van der Waals surface area contributed by atoms with E-state index in [0.717, 1.165) is 0 Å². The van der Waals surface area contributed by atoms with Crippen LogP contribution in [-0.4, -0.2) is 12.2 Å². The summed E-state index contributed by atoms with van der Waals surface area (Å²) in [6.45, 7) is -0.000141. The molecule has 1 aromatic carbocycles. The van der Waals surface area contributed by atoms with Crippen molar-refractivity contribution in [3.8, 4) is 0 Å². The van der Waals surface area contributed by atoms with Crippen LogP contribution in [0.25, 0.3) is 0 Å². The molecule has 0 atom stereocenters. The Hall–Kier alpha value is -1.17.